The molecule has 1 aromatic heterocycles. The van der Waals surface area contributed by atoms with Gasteiger partial charge in [0.1, 0.15) is 6.54 Å². The number of fused-ring (bicyclic) bond motifs is 2. The van der Waals surface area contributed by atoms with E-state index in [0.717, 1.165) is 23.4 Å². The Kier molecular flexibility index (Phi) is 5.75. The van der Waals surface area contributed by atoms with Gasteiger partial charge in [0, 0.05) is 24.5 Å². The van der Waals surface area contributed by atoms with Crippen molar-refractivity contribution in [1.29, 1.82) is 0 Å². The van der Waals surface area contributed by atoms with Gasteiger partial charge < -0.3 is 19.1 Å². The third kappa shape index (κ3) is 3.92. The molecule has 0 unspecified atom stereocenters. The van der Waals surface area contributed by atoms with Gasteiger partial charge in [0.05, 0.1) is 26.4 Å². The number of aromatic nitrogens is 2. The Balaban J connectivity index is 1.52. The number of hydrogen-bond acceptors (Lipinski definition) is 6. The monoisotopic (exact) mass is 427 g/mol. The lowest BCUT2D eigenvalue weighted by molar-refractivity contribution is -0.141. The van der Waals surface area contributed by atoms with Crippen LogP contribution in [0.5, 0.6) is 11.5 Å². The quantitative estimate of drug-likeness (QED) is 0.742. The van der Waals surface area contributed by atoms with E-state index in [1.807, 2.05) is 30.0 Å². The van der Waals surface area contributed by atoms with E-state index in [1.165, 1.54) is 10.1 Å². The van der Waals surface area contributed by atoms with Gasteiger partial charge in [0.15, 0.2) is 11.5 Å². The molecule has 0 atom stereocenters. The van der Waals surface area contributed by atoms with Gasteiger partial charge >= 0.3 is 5.69 Å². The largest absolute Gasteiger partial charge is 0.493 e. The zero-order valence-electron chi connectivity index (χ0n) is 18.6. The Hall–Kier alpha value is -2.87. The first-order valence-electron chi connectivity index (χ1n) is 10.6. The zero-order valence-corrected chi connectivity index (χ0v) is 18.6. The second-order valence-corrected chi connectivity index (χ2v) is 8.25. The third-order valence-corrected chi connectivity index (χ3v) is 6.41. The minimum Gasteiger partial charge on any atom is -0.493 e. The molecule has 3 heterocycles. The lowest BCUT2D eigenvalue weighted by Gasteiger charge is -2.45. The van der Waals surface area contributed by atoms with Crippen LogP contribution in [0.4, 0.5) is 0 Å². The van der Waals surface area contributed by atoms with Crippen molar-refractivity contribution in [2.75, 3.05) is 33.9 Å². The smallest absolute Gasteiger partial charge is 0.348 e. The summed E-state index contributed by atoms with van der Waals surface area (Å²) in [6, 6.07) is 5.87. The SMILES string of the molecule is COc1cc2c(cc1OC)C1(CCN(C(=O)Cn3c(C)cc(C)nc3=O)CC1)OCC2. The molecule has 0 aliphatic carbocycles. The van der Waals surface area contributed by atoms with Crippen LogP contribution in [0.25, 0.3) is 0 Å². The van der Waals surface area contributed by atoms with Crippen LogP contribution in [0.3, 0.4) is 0 Å². The molecule has 0 N–H and O–H groups in total. The van der Waals surface area contributed by atoms with Gasteiger partial charge in [-0.3, -0.25) is 9.36 Å². The summed E-state index contributed by atoms with van der Waals surface area (Å²) in [5.74, 6) is 1.33. The number of piperidine rings is 1. The van der Waals surface area contributed by atoms with E-state index in [4.69, 9.17) is 14.2 Å². The minimum absolute atomic E-state index is 0.00735. The molecule has 1 amide bonds. The van der Waals surface area contributed by atoms with Crippen molar-refractivity contribution in [3.63, 3.8) is 0 Å². The summed E-state index contributed by atoms with van der Waals surface area (Å²) in [6.07, 6.45) is 2.21. The molecule has 1 fully saturated rings. The fourth-order valence-corrected chi connectivity index (χ4v) is 4.72. The Labute approximate surface area is 181 Å². The van der Waals surface area contributed by atoms with Crippen molar-refractivity contribution in [3.8, 4) is 11.5 Å². The van der Waals surface area contributed by atoms with Crippen LogP contribution < -0.4 is 15.2 Å². The molecule has 8 nitrogen and oxygen atoms in total. The molecule has 1 spiro atoms. The Bertz CT molecular complexity index is 1050. The maximum Gasteiger partial charge on any atom is 0.348 e. The average molecular weight is 428 g/mol. The predicted octanol–water partition coefficient (Wildman–Crippen LogP) is 1.97. The van der Waals surface area contributed by atoms with Crippen molar-refractivity contribution in [2.45, 2.75) is 45.3 Å². The number of likely N-dealkylation sites (tertiary alicyclic amines) is 1. The molecule has 8 heteroatoms. The van der Waals surface area contributed by atoms with Crippen LogP contribution in [-0.2, 0) is 28.1 Å². The molecule has 2 aromatic rings. The third-order valence-electron chi connectivity index (χ3n) is 6.41. The van der Waals surface area contributed by atoms with Crippen LogP contribution in [0, 0.1) is 13.8 Å². The highest BCUT2D eigenvalue weighted by Gasteiger charge is 2.42. The van der Waals surface area contributed by atoms with E-state index in [0.29, 0.717) is 44.0 Å². The predicted molar refractivity (Wildman–Crippen MR) is 115 cm³/mol. The first kappa shape index (κ1) is 21.4. The van der Waals surface area contributed by atoms with Gasteiger partial charge in [-0.15, -0.1) is 0 Å². The fourth-order valence-electron chi connectivity index (χ4n) is 4.72. The molecule has 0 saturated carbocycles. The van der Waals surface area contributed by atoms with E-state index < -0.39 is 5.60 Å². The standard InChI is InChI=1S/C23H29N3O5/c1-15-11-16(2)26(22(28)24-15)14-21(27)25-8-6-23(7-9-25)18-13-20(30-4)19(29-3)12-17(18)5-10-31-23/h11-13H,5-10,14H2,1-4H3. The topological polar surface area (TPSA) is 82.9 Å². The summed E-state index contributed by atoms with van der Waals surface area (Å²) in [4.78, 5) is 30.9. The van der Waals surface area contributed by atoms with Gasteiger partial charge in [0.25, 0.3) is 0 Å². The average Bonchev–Trinajstić information content (AvgIpc) is 2.76. The van der Waals surface area contributed by atoms with Gasteiger partial charge in [-0.1, -0.05) is 0 Å². The Morgan fingerprint density at radius 3 is 2.45 bits per heavy atom. The first-order valence-corrected chi connectivity index (χ1v) is 10.6. The molecule has 166 valence electrons. The normalized spacial score (nSPS) is 17.4. The number of amides is 1. The molecular formula is C23H29N3O5. The van der Waals surface area contributed by atoms with Crippen molar-refractivity contribution < 1.29 is 19.0 Å². The number of rotatable bonds is 4. The maximum absolute atomic E-state index is 12.9. The summed E-state index contributed by atoms with van der Waals surface area (Å²) >= 11 is 0. The maximum atomic E-state index is 12.9. The van der Waals surface area contributed by atoms with Crippen molar-refractivity contribution in [1.82, 2.24) is 14.5 Å². The van der Waals surface area contributed by atoms with Gasteiger partial charge in [-0.05, 0) is 62.4 Å². The Morgan fingerprint density at radius 2 is 1.81 bits per heavy atom. The number of carbonyl (C=O) groups excluding carboxylic acids is 1. The van der Waals surface area contributed by atoms with Crippen LogP contribution in [0.2, 0.25) is 0 Å². The summed E-state index contributed by atoms with van der Waals surface area (Å²) in [5, 5.41) is 0. The number of aryl methyl sites for hydroxylation is 2. The number of hydrogen-bond donors (Lipinski definition) is 0. The molecular weight excluding hydrogens is 398 g/mol. The van der Waals surface area contributed by atoms with Crippen LogP contribution in [0.15, 0.2) is 23.0 Å². The van der Waals surface area contributed by atoms with Gasteiger partial charge in [-0.25, -0.2) is 4.79 Å². The summed E-state index contributed by atoms with van der Waals surface area (Å²) in [6.45, 7) is 5.38. The minimum atomic E-state index is -0.428. The van der Waals surface area contributed by atoms with Gasteiger partial charge in [0.2, 0.25) is 5.91 Å². The van der Waals surface area contributed by atoms with Crippen LogP contribution >= 0.6 is 0 Å². The van der Waals surface area contributed by atoms with E-state index in [2.05, 4.69) is 4.98 Å². The molecule has 0 bridgehead atoms. The highest BCUT2D eigenvalue weighted by atomic mass is 16.5. The lowest BCUT2D eigenvalue weighted by atomic mass is 9.79. The number of carbonyl (C=O) groups is 1. The fraction of sp³-hybridized carbons (Fsp3) is 0.522. The van der Waals surface area contributed by atoms with Gasteiger partial charge in [-0.2, -0.15) is 4.98 Å². The number of methoxy groups -OCH3 is 2. The number of benzene rings is 1. The number of ether oxygens (including phenoxy) is 3. The lowest BCUT2D eigenvalue weighted by Crippen LogP contribution is -2.49. The molecule has 4 rings (SSSR count). The van der Waals surface area contributed by atoms with Crippen molar-refractivity contribution in [3.05, 3.63) is 51.2 Å². The van der Waals surface area contributed by atoms with Crippen molar-refractivity contribution >= 4 is 5.91 Å². The molecule has 1 aromatic carbocycles. The second kappa shape index (κ2) is 8.34. The van der Waals surface area contributed by atoms with Crippen molar-refractivity contribution in [2.24, 2.45) is 0 Å². The summed E-state index contributed by atoms with van der Waals surface area (Å²) in [7, 11) is 3.27. The Morgan fingerprint density at radius 1 is 1.13 bits per heavy atom. The summed E-state index contributed by atoms with van der Waals surface area (Å²) in [5.41, 5.74) is 2.92. The molecule has 0 radical (unpaired) electrons. The molecule has 2 aliphatic rings. The van der Waals surface area contributed by atoms with Crippen LogP contribution in [0.1, 0.15) is 35.4 Å². The molecule has 31 heavy (non-hydrogen) atoms. The highest BCUT2D eigenvalue weighted by Crippen LogP contribution is 2.45. The highest BCUT2D eigenvalue weighted by molar-refractivity contribution is 5.76. The van der Waals surface area contributed by atoms with E-state index in [1.54, 1.807) is 21.1 Å². The number of nitrogens with zero attached hydrogens (tertiary/aromatic N) is 3. The first-order chi connectivity index (χ1) is 14.9. The zero-order chi connectivity index (χ0) is 22.2. The van der Waals surface area contributed by atoms with E-state index >= 15 is 0 Å². The summed E-state index contributed by atoms with van der Waals surface area (Å²) < 4.78 is 18.7. The van der Waals surface area contributed by atoms with E-state index in [-0.39, 0.29) is 18.1 Å². The van der Waals surface area contributed by atoms with Crippen LogP contribution in [-0.4, -0.2) is 54.3 Å². The molecule has 2 aliphatic heterocycles. The second-order valence-electron chi connectivity index (χ2n) is 8.25. The van der Waals surface area contributed by atoms with E-state index in [9.17, 15) is 9.59 Å². The molecule has 1 saturated heterocycles.